The molecule has 0 radical (unpaired) electrons. The summed E-state index contributed by atoms with van der Waals surface area (Å²) in [7, 11) is 0. The fourth-order valence-electron chi connectivity index (χ4n) is 4.79. The van der Waals surface area contributed by atoms with Gasteiger partial charge >= 0.3 is 6.18 Å². The number of nitrogens with zero attached hydrogens (tertiary/aromatic N) is 7. The van der Waals surface area contributed by atoms with Gasteiger partial charge in [0.05, 0.1) is 47.2 Å². The number of alkyl halides is 3. The first-order chi connectivity index (χ1) is 16.9. The van der Waals surface area contributed by atoms with Gasteiger partial charge in [0.2, 0.25) is 0 Å². The molecule has 3 aromatic heterocycles. The number of aromatic nitrogens is 5. The van der Waals surface area contributed by atoms with Gasteiger partial charge in [0.25, 0.3) is 0 Å². The number of hydrogen-bond donors (Lipinski definition) is 1. The van der Waals surface area contributed by atoms with Crippen LogP contribution in [0.25, 0.3) is 22.3 Å². The summed E-state index contributed by atoms with van der Waals surface area (Å²) < 4.78 is 42.0. The van der Waals surface area contributed by atoms with Gasteiger partial charge in [0, 0.05) is 42.4 Å². The molecule has 1 N–H and O–H groups in total. The molecule has 0 bridgehead atoms. The molecule has 2 unspecified atom stereocenters. The second kappa shape index (κ2) is 8.76. The molecular weight excluding hydrogens is 457 g/mol. The lowest BCUT2D eigenvalue weighted by Crippen LogP contribution is -2.26. The molecule has 1 aliphatic heterocycles. The van der Waals surface area contributed by atoms with E-state index in [9.17, 15) is 23.7 Å². The third kappa shape index (κ3) is 4.06. The molecule has 1 saturated heterocycles. The molecule has 0 saturated carbocycles. The third-order valence-corrected chi connectivity index (χ3v) is 6.44. The van der Waals surface area contributed by atoms with Gasteiger partial charge in [-0.1, -0.05) is 6.07 Å². The zero-order chi connectivity index (χ0) is 24.6. The van der Waals surface area contributed by atoms with E-state index in [1.807, 2.05) is 12.3 Å². The molecule has 4 aromatic rings. The minimum absolute atomic E-state index is 0.0406. The van der Waals surface area contributed by atoms with Crippen molar-refractivity contribution in [3.8, 4) is 23.4 Å². The number of fused-ring (bicyclic) bond motifs is 1. The van der Waals surface area contributed by atoms with E-state index in [4.69, 9.17) is 0 Å². The van der Waals surface area contributed by atoms with Crippen LogP contribution in [-0.4, -0.2) is 37.8 Å². The molecular formula is C24H19F3N8. The predicted octanol–water partition coefficient (Wildman–Crippen LogP) is 4.69. The highest BCUT2D eigenvalue weighted by molar-refractivity contribution is 5.89. The molecule has 5 rings (SSSR count). The first-order valence-electron chi connectivity index (χ1n) is 11.0. The van der Waals surface area contributed by atoms with Crippen LogP contribution in [0, 0.1) is 28.6 Å². The van der Waals surface area contributed by atoms with Gasteiger partial charge in [-0.3, -0.25) is 4.68 Å². The summed E-state index contributed by atoms with van der Waals surface area (Å²) in [5.74, 6) is -0.0406. The van der Waals surface area contributed by atoms with E-state index in [1.165, 1.54) is 12.4 Å². The lowest BCUT2D eigenvalue weighted by Gasteiger charge is -2.25. The maximum atomic E-state index is 13.4. The highest BCUT2D eigenvalue weighted by atomic mass is 19.4. The molecule has 176 valence electrons. The molecule has 2 atom stereocenters. The number of aromatic amines is 1. The van der Waals surface area contributed by atoms with Crippen LogP contribution in [0.3, 0.4) is 0 Å². The maximum Gasteiger partial charge on any atom is 0.417 e. The number of halogens is 3. The van der Waals surface area contributed by atoms with Gasteiger partial charge in [-0.2, -0.15) is 28.8 Å². The first-order valence-corrected chi connectivity index (χ1v) is 11.0. The van der Waals surface area contributed by atoms with E-state index in [0.717, 1.165) is 17.0 Å². The zero-order valence-electron chi connectivity index (χ0n) is 18.4. The van der Waals surface area contributed by atoms with Gasteiger partial charge in [-0.05, 0) is 24.6 Å². The molecule has 35 heavy (non-hydrogen) atoms. The first kappa shape index (κ1) is 22.4. The predicted molar refractivity (Wildman–Crippen MR) is 121 cm³/mol. The Bertz CT molecular complexity index is 1460. The number of nitriles is 2. The molecule has 0 amide bonds. The van der Waals surface area contributed by atoms with Crippen molar-refractivity contribution in [1.29, 1.82) is 10.5 Å². The topological polar surface area (TPSA) is 110 Å². The fraction of sp³-hybridized carbons (Fsp3) is 0.292. The van der Waals surface area contributed by atoms with E-state index >= 15 is 0 Å². The van der Waals surface area contributed by atoms with Gasteiger partial charge in [-0.15, -0.1) is 0 Å². The second-order valence-corrected chi connectivity index (χ2v) is 8.40. The van der Waals surface area contributed by atoms with Crippen LogP contribution >= 0.6 is 0 Å². The molecule has 1 fully saturated rings. The van der Waals surface area contributed by atoms with E-state index in [1.54, 1.807) is 34.1 Å². The Morgan fingerprint density at radius 2 is 2.06 bits per heavy atom. The second-order valence-electron chi connectivity index (χ2n) is 8.40. The SMILES string of the molecule is N#CCC(C1CCN(c2cccc(C(F)(F)F)c2C#N)C1)n1cc(-c2ncnc3[nH]ccc23)cn1. The van der Waals surface area contributed by atoms with Crippen molar-refractivity contribution >= 4 is 16.7 Å². The van der Waals surface area contributed by atoms with Crippen molar-refractivity contribution in [1.82, 2.24) is 24.7 Å². The molecule has 0 spiro atoms. The Hall–Kier alpha value is -4.38. The van der Waals surface area contributed by atoms with E-state index in [0.29, 0.717) is 30.9 Å². The summed E-state index contributed by atoms with van der Waals surface area (Å²) in [4.78, 5) is 13.4. The van der Waals surface area contributed by atoms with Gasteiger partial charge < -0.3 is 9.88 Å². The van der Waals surface area contributed by atoms with Gasteiger partial charge in [-0.25, -0.2) is 9.97 Å². The summed E-state index contributed by atoms with van der Waals surface area (Å²) in [6, 6.07) is 9.34. The zero-order valence-corrected chi connectivity index (χ0v) is 18.4. The van der Waals surface area contributed by atoms with Crippen molar-refractivity contribution in [2.45, 2.75) is 25.1 Å². The standard InChI is InChI=1S/C24H19F3N8/c25-24(26,27)19-2-1-3-21(18(19)10-29)34-9-6-15(12-34)20(4-7-28)35-13-16(11-33-35)22-17-5-8-30-23(17)32-14-31-22/h1-3,5,8,11,13-15,20H,4,6,9,12H2,(H,30,31,32). The average Bonchev–Trinajstić information content (AvgIpc) is 3.62. The number of hydrogen-bond acceptors (Lipinski definition) is 6. The molecule has 1 aliphatic rings. The molecule has 4 heterocycles. The van der Waals surface area contributed by atoms with Crippen LogP contribution in [0.4, 0.5) is 18.9 Å². The van der Waals surface area contributed by atoms with Gasteiger partial charge in [0.15, 0.2) is 0 Å². The van der Waals surface area contributed by atoms with Crippen molar-refractivity contribution < 1.29 is 13.2 Å². The Morgan fingerprint density at radius 1 is 1.20 bits per heavy atom. The van der Waals surface area contributed by atoms with Crippen LogP contribution < -0.4 is 4.90 Å². The Labute approximate surface area is 198 Å². The Balaban J connectivity index is 1.42. The fourth-order valence-corrected chi connectivity index (χ4v) is 4.79. The maximum absolute atomic E-state index is 13.4. The van der Waals surface area contributed by atoms with E-state index < -0.39 is 11.7 Å². The van der Waals surface area contributed by atoms with Crippen LogP contribution in [0.15, 0.2) is 49.2 Å². The van der Waals surface area contributed by atoms with Gasteiger partial charge in [0.1, 0.15) is 18.0 Å². The van der Waals surface area contributed by atoms with Crippen molar-refractivity contribution in [2.24, 2.45) is 5.92 Å². The number of rotatable bonds is 5. The minimum atomic E-state index is -4.61. The highest BCUT2D eigenvalue weighted by Gasteiger charge is 2.37. The minimum Gasteiger partial charge on any atom is -0.370 e. The number of anilines is 1. The van der Waals surface area contributed by atoms with E-state index in [-0.39, 0.29) is 29.6 Å². The summed E-state index contributed by atoms with van der Waals surface area (Å²) in [5, 5.41) is 24.3. The van der Waals surface area contributed by atoms with Crippen molar-refractivity contribution in [3.05, 3.63) is 60.3 Å². The monoisotopic (exact) mass is 476 g/mol. The molecule has 0 aliphatic carbocycles. The van der Waals surface area contributed by atoms with Crippen molar-refractivity contribution in [3.63, 3.8) is 0 Å². The third-order valence-electron chi connectivity index (χ3n) is 6.44. The largest absolute Gasteiger partial charge is 0.417 e. The molecule has 8 nitrogen and oxygen atoms in total. The normalized spacial score (nSPS) is 16.8. The van der Waals surface area contributed by atoms with E-state index in [2.05, 4.69) is 26.1 Å². The molecule has 11 heteroatoms. The quantitative estimate of drug-likeness (QED) is 0.447. The number of nitrogens with one attached hydrogen (secondary N) is 1. The number of benzene rings is 1. The van der Waals surface area contributed by atoms with Crippen LogP contribution in [0.5, 0.6) is 0 Å². The Morgan fingerprint density at radius 3 is 2.83 bits per heavy atom. The number of H-pyrrole nitrogens is 1. The van der Waals surface area contributed by atoms with Crippen LogP contribution in [0.2, 0.25) is 0 Å². The van der Waals surface area contributed by atoms with Crippen LogP contribution in [0.1, 0.15) is 30.0 Å². The van der Waals surface area contributed by atoms with Crippen molar-refractivity contribution in [2.75, 3.05) is 18.0 Å². The average molecular weight is 476 g/mol. The highest BCUT2D eigenvalue weighted by Crippen LogP contribution is 2.39. The summed E-state index contributed by atoms with van der Waals surface area (Å²) in [5.41, 5.74) is 1.15. The van der Waals surface area contributed by atoms with Crippen LogP contribution in [-0.2, 0) is 6.18 Å². The molecule has 1 aromatic carbocycles. The lowest BCUT2D eigenvalue weighted by molar-refractivity contribution is -0.137. The lowest BCUT2D eigenvalue weighted by atomic mass is 9.96. The summed E-state index contributed by atoms with van der Waals surface area (Å²) >= 11 is 0. The Kier molecular flexibility index (Phi) is 5.61. The summed E-state index contributed by atoms with van der Waals surface area (Å²) in [6.45, 7) is 0.889. The summed E-state index contributed by atoms with van der Waals surface area (Å²) in [6.07, 6.45) is 3.00. The smallest absolute Gasteiger partial charge is 0.370 e.